The van der Waals surface area contributed by atoms with Gasteiger partial charge in [-0.3, -0.25) is 14.3 Å². The van der Waals surface area contributed by atoms with E-state index >= 15 is 0 Å². The van der Waals surface area contributed by atoms with Crippen LogP contribution in [0.1, 0.15) is 39.2 Å². The van der Waals surface area contributed by atoms with Crippen molar-refractivity contribution in [3.63, 3.8) is 0 Å². The highest BCUT2D eigenvalue weighted by atomic mass is 19.1. The first-order chi connectivity index (χ1) is 13.7. The van der Waals surface area contributed by atoms with Crippen molar-refractivity contribution in [2.75, 3.05) is 0 Å². The van der Waals surface area contributed by atoms with E-state index in [9.17, 15) is 14.0 Å². The Kier molecular flexibility index (Phi) is 3.99. The zero-order valence-electron chi connectivity index (χ0n) is 16.8. The van der Waals surface area contributed by atoms with Gasteiger partial charge < -0.3 is 9.31 Å². The quantitative estimate of drug-likeness (QED) is 0.799. The van der Waals surface area contributed by atoms with Crippen molar-refractivity contribution in [1.82, 2.24) is 9.55 Å². The molecule has 0 amide bonds. The van der Waals surface area contributed by atoms with Crippen molar-refractivity contribution in [1.29, 1.82) is 0 Å². The molecule has 8 heteroatoms. The third-order valence-corrected chi connectivity index (χ3v) is 7.52. The fourth-order valence-corrected chi connectivity index (χ4v) is 5.59. The van der Waals surface area contributed by atoms with E-state index in [1.807, 2.05) is 29.2 Å². The highest BCUT2D eigenvalue weighted by molar-refractivity contribution is 6.62. The van der Waals surface area contributed by atoms with Crippen LogP contribution in [0.3, 0.4) is 0 Å². The number of aromatic nitrogens is 2. The second-order valence-corrected chi connectivity index (χ2v) is 9.41. The first kappa shape index (κ1) is 18.8. The van der Waals surface area contributed by atoms with Crippen molar-refractivity contribution in [3.05, 3.63) is 62.7 Å². The third-order valence-electron chi connectivity index (χ3n) is 7.52. The van der Waals surface area contributed by atoms with E-state index in [0.717, 1.165) is 28.2 Å². The Hall–Kier alpha value is -2.19. The molecule has 4 fully saturated rings. The smallest absolute Gasteiger partial charge is 0.402 e. The van der Waals surface area contributed by atoms with E-state index in [0.29, 0.717) is 17.3 Å². The molecule has 3 aliphatic carbocycles. The van der Waals surface area contributed by atoms with Crippen LogP contribution in [0.4, 0.5) is 4.39 Å². The molecule has 2 aromatic rings. The molecule has 3 saturated carbocycles. The van der Waals surface area contributed by atoms with Gasteiger partial charge in [-0.1, -0.05) is 38.1 Å². The molecule has 152 valence electrons. The van der Waals surface area contributed by atoms with Gasteiger partial charge in [0.15, 0.2) is 0 Å². The van der Waals surface area contributed by atoms with Crippen LogP contribution < -0.4 is 16.7 Å². The molecule has 1 saturated heterocycles. The standard InChI is InChI=1S/C21H24BFN2O4/c1-20(2)13-8-16(20)21(3)17(9-13)28-22(29-21)14-6-4-12(5-7-14)10-25-11-15(23)18(26)24-19(25)27/h4-7,11,13,16-17H,8-10H2,1-3H3,(H,24,26,27). The summed E-state index contributed by atoms with van der Waals surface area (Å²) in [4.78, 5) is 25.0. The lowest BCUT2D eigenvalue weighted by atomic mass is 9.43. The summed E-state index contributed by atoms with van der Waals surface area (Å²) in [5, 5.41) is 0. The predicted octanol–water partition coefficient (Wildman–Crippen LogP) is 1.66. The van der Waals surface area contributed by atoms with Gasteiger partial charge in [0.05, 0.1) is 24.4 Å². The zero-order valence-corrected chi connectivity index (χ0v) is 16.8. The summed E-state index contributed by atoms with van der Waals surface area (Å²) in [6, 6.07) is 7.57. The number of nitrogens with one attached hydrogen (secondary N) is 1. The summed E-state index contributed by atoms with van der Waals surface area (Å²) in [7, 11) is -0.401. The van der Waals surface area contributed by atoms with Crippen LogP contribution in [0.15, 0.2) is 40.1 Å². The molecule has 1 aromatic heterocycles. The van der Waals surface area contributed by atoms with E-state index < -0.39 is 24.2 Å². The predicted molar refractivity (Wildman–Crippen MR) is 107 cm³/mol. The van der Waals surface area contributed by atoms with E-state index in [-0.39, 0.29) is 18.2 Å². The highest BCUT2D eigenvalue weighted by Gasteiger charge is 2.67. The molecule has 4 atom stereocenters. The van der Waals surface area contributed by atoms with Gasteiger partial charge in [-0.2, -0.15) is 4.39 Å². The molecule has 4 unspecified atom stereocenters. The van der Waals surface area contributed by atoms with Crippen LogP contribution in [0.25, 0.3) is 0 Å². The van der Waals surface area contributed by atoms with E-state index in [4.69, 9.17) is 9.31 Å². The minimum atomic E-state index is -1.01. The van der Waals surface area contributed by atoms with Gasteiger partial charge in [0.2, 0.25) is 5.82 Å². The summed E-state index contributed by atoms with van der Waals surface area (Å²) in [5.41, 5.74) is 0.135. The van der Waals surface area contributed by atoms with E-state index in [1.54, 1.807) is 0 Å². The van der Waals surface area contributed by atoms with E-state index in [1.165, 1.54) is 6.42 Å². The van der Waals surface area contributed by atoms with Crippen LogP contribution in [-0.2, 0) is 15.9 Å². The first-order valence-corrected chi connectivity index (χ1v) is 10.1. The molecule has 1 aliphatic heterocycles. The maximum Gasteiger partial charge on any atom is 0.494 e. The van der Waals surface area contributed by atoms with Crippen LogP contribution in [-0.4, -0.2) is 28.4 Å². The number of halogens is 1. The van der Waals surface area contributed by atoms with Crippen LogP contribution in [0.5, 0.6) is 0 Å². The summed E-state index contributed by atoms with van der Waals surface area (Å²) < 4.78 is 27.4. The Balaban J connectivity index is 1.34. The lowest BCUT2D eigenvalue weighted by molar-refractivity contribution is -0.199. The Morgan fingerprint density at radius 2 is 1.93 bits per heavy atom. The molecule has 0 radical (unpaired) electrons. The number of nitrogens with zero attached hydrogens (tertiary/aromatic N) is 1. The van der Waals surface area contributed by atoms with Gasteiger partial charge in [0, 0.05) is 0 Å². The third kappa shape index (κ3) is 2.76. The topological polar surface area (TPSA) is 73.3 Å². The van der Waals surface area contributed by atoms with E-state index in [2.05, 4.69) is 20.8 Å². The maximum atomic E-state index is 13.5. The molecule has 0 spiro atoms. The molecular weight excluding hydrogens is 374 g/mol. The number of hydrogen-bond donors (Lipinski definition) is 1. The van der Waals surface area contributed by atoms with Gasteiger partial charge in [0.1, 0.15) is 0 Å². The SMILES string of the molecule is CC1(C)C2CC3OB(c4ccc(Cn5cc(F)c(=O)[nH]c5=O)cc4)OC3(C)C1C2. The van der Waals surface area contributed by atoms with Crippen LogP contribution >= 0.6 is 0 Å². The fraction of sp³-hybridized carbons (Fsp3) is 0.524. The van der Waals surface area contributed by atoms with Gasteiger partial charge in [-0.05, 0) is 48.0 Å². The second kappa shape index (κ2) is 6.16. The molecular formula is C21H24BFN2O4. The summed E-state index contributed by atoms with van der Waals surface area (Å²) in [6.45, 7) is 7.02. The molecule has 6 nitrogen and oxygen atoms in total. The average molecular weight is 398 g/mol. The highest BCUT2D eigenvalue weighted by Crippen LogP contribution is 2.65. The average Bonchev–Trinajstić information content (AvgIpc) is 3.03. The molecule has 2 bridgehead atoms. The molecule has 2 heterocycles. The Morgan fingerprint density at radius 1 is 1.21 bits per heavy atom. The number of hydrogen-bond acceptors (Lipinski definition) is 4. The largest absolute Gasteiger partial charge is 0.494 e. The number of benzene rings is 1. The molecule has 6 rings (SSSR count). The van der Waals surface area contributed by atoms with Gasteiger partial charge in [-0.25, -0.2) is 4.79 Å². The maximum absolute atomic E-state index is 13.5. The van der Waals surface area contributed by atoms with Crippen LogP contribution in [0, 0.1) is 23.1 Å². The summed E-state index contributed by atoms with van der Waals surface area (Å²) >= 11 is 0. The summed E-state index contributed by atoms with van der Waals surface area (Å²) in [6.07, 6.45) is 3.29. The Morgan fingerprint density at radius 3 is 2.62 bits per heavy atom. The molecule has 1 N–H and O–H groups in total. The van der Waals surface area contributed by atoms with Crippen LogP contribution in [0.2, 0.25) is 0 Å². The van der Waals surface area contributed by atoms with Crippen molar-refractivity contribution in [2.45, 2.75) is 51.9 Å². The van der Waals surface area contributed by atoms with Crippen molar-refractivity contribution < 1.29 is 13.7 Å². The normalized spacial score (nSPS) is 32.0. The van der Waals surface area contributed by atoms with Gasteiger partial charge in [0.25, 0.3) is 5.56 Å². The Bertz CT molecular complexity index is 1080. The number of H-pyrrole nitrogens is 1. The van der Waals surface area contributed by atoms with Crippen molar-refractivity contribution >= 4 is 12.6 Å². The van der Waals surface area contributed by atoms with Crippen molar-refractivity contribution in [3.8, 4) is 0 Å². The number of aromatic amines is 1. The summed E-state index contributed by atoms with van der Waals surface area (Å²) in [5.74, 6) is 0.225. The lowest BCUT2D eigenvalue weighted by Gasteiger charge is -2.64. The molecule has 4 aliphatic rings. The first-order valence-electron chi connectivity index (χ1n) is 10.1. The van der Waals surface area contributed by atoms with Gasteiger partial charge >= 0.3 is 12.8 Å². The monoisotopic (exact) mass is 398 g/mol. The molecule has 1 aromatic carbocycles. The minimum Gasteiger partial charge on any atom is -0.402 e. The minimum absolute atomic E-state index is 0.117. The fourth-order valence-electron chi connectivity index (χ4n) is 5.59. The van der Waals surface area contributed by atoms with Crippen molar-refractivity contribution in [2.24, 2.45) is 17.3 Å². The van der Waals surface area contributed by atoms with Gasteiger partial charge in [-0.15, -0.1) is 0 Å². The molecule has 29 heavy (non-hydrogen) atoms. The zero-order chi connectivity index (χ0) is 20.6. The second-order valence-electron chi connectivity index (χ2n) is 9.41. The Labute approximate surface area is 168 Å². The number of rotatable bonds is 3. The lowest BCUT2D eigenvalue weighted by Crippen LogP contribution is -2.65.